The smallest absolute Gasteiger partial charge is 0.123 e. The van der Waals surface area contributed by atoms with Gasteiger partial charge in [-0.3, -0.25) is 4.98 Å². The number of halogens is 1. The second kappa shape index (κ2) is 10.3. The largest absolute Gasteiger partial charge is 0.265 e. The first kappa shape index (κ1) is 21.2. The zero-order valence-corrected chi connectivity index (χ0v) is 18.3. The standard InChI is InChI=1S/C29H30FN/c1-22-26(13-9-4-2-3-6-10-23-11-7-5-8-12-23)29-21-25(30)14-15-27(29)28(22)20-24-16-18-31-19-17-24/h5,7-8,11-12,14-21H,2-4,6,9-10,13H2,1H3. The number of benzene rings is 2. The van der Waals surface area contributed by atoms with E-state index in [4.69, 9.17) is 0 Å². The molecule has 1 aliphatic rings. The number of aromatic nitrogens is 1. The summed E-state index contributed by atoms with van der Waals surface area (Å²) in [5, 5.41) is 0. The van der Waals surface area contributed by atoms with Crippen molar-refractivity contribution in [2.75, 3.05) is 0 Å². The summed E-state index contributed by atoms with van der Waals surface area (Å²) in [5.74, 6) is -0.157. The molecule has 0 saturated heterocycles. The molecule has 0 atom stereocenters. The molecule has 1 nitrogen and oxygen atoms in total. The number of pyridine rings is 1. The van der Waals surface area contributed by atoms with Gasteiger partial charge in [0.2, 0.25) is 0 Å². The molecule has 1 aromatic heterocycles. The fourth-order valence-electron chi connectivity index (χ4n) is 4.51. The summed E-state index contributed by atoms with van der Waals surface area (Å²) in [6, 6.07) is 20.0. The predicted octanol–water partition coefficient (Wildman–Crippen LogP) is 8.13. The van der Waals surface area contributed by atoms with Gasteiger partial charge in [-0.1, -0.05) is 55.7 Å². The highest BCUT2D eigenvalue weighted by Crippen LogP contribution is 2.44. The van der Waals surface area contributed by atoms with Crippen LogP contribution in [0.2, 0.25) is 0 Å². The molecule has 31 heavy (non-hydrogen) atoms. The van der Waals surface area contributed by atoms with E-state index in [1.807, 2.05) is 30.6 Å². The minimum atomic E-state index is -0.157. The van der Waals surface area contributed by atoms with Crippen LogP contribution in [0.3, 0.4) is 0 Å². The number of unbranched alkanes of at least 4 members (excludes halogenated alkanes) is 4. The average Bonchev–Trinajstić information content (AvgIpc) is 3.05. The van der Waals surface area contributed by atoms with E-state index in [2.05, 4.69) is 48.3 Å². The topological polar surface area (TPSA) is 12.9 Å². The Bertz CT molecular complexity index is 1060. The zero-order chi connectivity index (χ0) is 21.5. The third-order valence-corrected chi connectivity index (χ3v) is 6.21. The van der Waals surface area contributed by atoms with Crippen LogP contribution < -0.4 is 0 Å². The van der Waals surface area contributed by atoms with E-state index < -0.39 is 0 Å². The Morgan fingerprint density at radius 3 is 2.26 bits per heavy atom. The first-order valence-corrected chi connectivity index (χ1v) is 11.4. The maximum atomic E-state index is 14.0. The van der Waals surface area contributed by atoms with Gasteiger partial charge >= 0.3 is 0 Å². The van der Waals surface area contributed by atoms with Crippen LogP contribution in [-0.4, -0.2) is 4.98 Å². The summed E-state index contributed by atoms with van der Waals surface area (Å²) in [6.45, 7) is 2.18. The lowest BCUT2D eigenvalue weighted by Gasteiger charge is -2.07. The van der Waals surface area contributed by atoms with Crippen molar-refractivity contribution in [2.24, 2.45) is 0 Å². The van der Waals surface area contributed by atoms with Crippen molar-refractivity contribution in [3.8, 4) is 0 Å². The normalized spacial score (nSPS) is 14.3. The monoisotopic (exact) mass is 411 g/mol. The van der Waals surface area contributed by atoms with Gasteiger partial charge in [0.05, 0.1) is 0 Å². The van der Waals surface area contributed by atoms with Gasteiger partial charge in [0.25, 0.3) is 0 Å². The van der Waals surface area contributed by atoms with Crippen LogP contribution in [0.25, 0.3) is 17.2 Å². The molecule has 3 aromatic rings. The van der Waals surface area contributed by atoms with Crippen LogP contribution in [0.4, 0.5) is 4.39 Å². The molecule has 2 heteroatoms. The van der Waals surface area contributed by atoms with Crippen molar-refractivity contribution >= 4 is 17.2 Å². The van der Waals surface area contributed by atoms with Crippen LogP contribution in [0, 0.1) is 5.82 Å². The summed E-state index contributed by atoms with van der Waals surface area (Å²) in [6.07, 6.45) is 14.1. The van der Waals surface area contributed by atoms with Crippen molar-refractivity contribution < 1.29 is 4.39 Å². The molecule has 4 rings (SSSR count). The number of aryl methyl sites for hydroxylation is 1. The molecular formula is C29H30FN. The number of allylic oxidation sites excluding steroid dienone is 3. The van der Waals surface area contributed by atoms with Gasteiger partial charge < -0.3 is 0 Å². The lowest BCUT2D eigenvalue weighted by molar-refractivity contribution is 0.618. The van der Waals surface area contributed by atoms with E-state index in [1.165, 1.54) is 54.4 Å². The molecule has 1 aliphatic carbocycles. The van der Waals surface area contributed by atoms with E-state index in [9.17, 15) is 4.39 Å². The maximum Gasteiger partial charge on any atom is 0.123 e. The first-order valence-electron chi connectivity index (χ1n) is 11.4. The van der Waals surface area contributed by atoms with E-state index in [0.29, 0.717) is 0 Å². The fourth-order valence-corrected chi connectivity index (χ4v) is 4.51. The van der Waals surface area contributed by atoms with Gasteiger partial charge in [-0.15, -0.1) is 0 Å². The van der Waals surface area contributed by atoms with Gasteiger partial charge in [-0.2, -0.15) is 0 Å². The van der Waals surface area contributed by atoms with Crippen molar-refractivity contribution in [2.45, 2.75) is 51.9 Å². The molecular weight excluding hydrogens is 381 g/mol. The van der Waals surface area contributed by atoms with Gasteiger partial charge in [0.1, 0.15) is 5.82 Å². The number of rotatable bonds is 9. The van der Waals surface area contributed by atoms with Crippen molar-refractivity contribution in [1.82, 2.24) is 4.98 Å². The fraction of sp³-hybridized carbons (Fsp3) is 0.276. The molecule has 158 valence electrons. The average molecular weight is 412 g/mol. The van der Waals surface area contributed by atoms with Crippen molar-refractivity contribution in [3.63, 3.8) is 0 Å². The molecule has 0 fully saturated rings. The SMILES string of the molecule is CC1=C(CCCCCCCc2ccccc2)c2cc(F)ccc2C1=Cc1ccncc1. The van der Waals surface area contributed by atoms with Gasteiger partial charge in [-0.25, -0.2) is 4.39 Å². The summed E-state index contributed by atoms with van der Waals surface area (Å²) >= 11 is 0. The van der Waals surface area contributed by atoms with Gasteiger partial charge in [0.15, 0.2) is 0 Å². The number of hydrogen-bond donors (Lipinski definition) is 0. The Labute approximate surface area is 185 Å². The lowest BCUT2D eigenvalue weighted by Crippen LogP contribution is -1.89. The van der Waals surface area contributed by atoms with Crippen LogP contribution >= 0.6 is 0 Å². The Morgan fingerprint density at radius 1 is 0.774 bits per heavy atom. The molecule has 0 bridgehead atoms. The third-order valence-electron chi connectivity index (χ3n) is 6.21. The molecule has 0 spiro atoms. The Hall–Kier alpha value is -3.00. The third kappa shape index (κ3) is 5.38. The van der Waals surface area contributed by atoms with E-state index in [0.717, 1.165) is 29.5 Å². The molecule has 0 radical (unpaired) electrons. The molecule has 0 N–H and O–H groups in total. The van der Waals surface area contributed by atoms with E-state index in [1.54, 1.807) is 12.1 Å². The molecule has 0 saturated carbocycles. The van der Waals surface area contributed by atoms with E-state index in [-0.39, 0.29) is 5.82 Å². The minimum absolute atomic E-state index is 0.157. The number of nitrogens with zero attached hydrogens (tertiary/aromatic N) is 1. The Balaban J connectivity index is 1.37. The predicted molar refractivity (Wildman–Crippen MR) is 129 cm³/mol. The first-order chi connectivity index (χ1) is 15.2. The Morgan fingerprint density at radius 2 is 1.48 bits per heavy atom. The zero-order valence-electron chi connectivity index (χ0n) is 18.3. The minimum Gasteiger partial charge on any atom is -0.265 e. The highest BCUT2D eigenvalue weighted by atomic mass is 19.1. The second-order valence-electron chi connectivity index (χ2n) is 8.39. The number of fused-ring (bicyclic) bond motifs is 1. The van der Waals surface area contributed by atoms with Gasteiger partial charge in [0, 0.05) is 12.4 Å². The van der Waals surface area contributed by atoms with Crippen molar-refractivity contribution in [3.05, 3.63) is 107 Å². The highest BCUT2D eigenvalue weighted by molar-refractivity contribution is 6.05. The molecule has 0 aliphatic heterocycles. The lowest BCUT2D eigenvalue weighted by atomic mass is 9.98. The summed E-state index contributed by atoms with van der Waals surface area (Å²) in [7, 11) is 0. The maximum absolute atomic E-state index is 14.0. The van der Waals surface area contributed by atoms with Crippen LogP contribution in [0.15, 0.2) is 78.6 Å². The van der Waals surface area contributed by atoms with Crippen LogP contribution in [0.1, 0.15) is 67.7 Å². The quantitative estimate of drug-likeness (QED) is 0.324. The molecule has 2 aromatic carbocycles. The van der Waals surface area contributed by atoms with Crippen LogP contribution in [-0.2, 0) is 6.42 Å². The molecule has 0 amide bonds. The molecule has 1 heterocycles. The second-order valence-corrected chi connectivity index (χ2v) is 8.39. The van der Waals surface area contributed by atoms with Crippen molar-refractivity contribution in [1.29, 1.82) is 0 Å². The molecule has 0 unspecified atom stereocenters. The summed E-state index contributed by atoms with van der Waals surface area (Å²) in [5.41, 5.74) is 8.57. The van der Waals surface area contributed by atoms with Crippen LogP contribution in [0.5, 0.6) is 0 Å². The summed E-state index contributed by atoms with van der Waals surface area (Å²) in [4.78, 5) is 4.11. The van der Waals surface area contributed by atoms with E-state index >= 15 is 0 Å². The Kier molecular flexibility index (Phi) is 7.09. The van der Waals surface area contributed by atoms with Gasteiger partial charge in [-0.05, 0) is 102 Å². The number of hydrogen-bond acceptors (Lipinski definition) is 1. The highest BCUT2D eigenvalue weighted by Gasteiger charge is 2.23. The summed E-state index contributed by atoms with van der Waals surface area (Å²) < 4.78 is 14.0.